The van der Waals surface area contributed by atoms with Gasteiger partial charge in [-0.05, 0) is 47.4 Å². The van der Waals surface area contributed by atoms with Crippen LogP contribution < -0.4 is 0 Å². The molecule has 3 atom stereocenters. The first kappa shape index (κ1) is 26.0. The van der Waals surface area contributed by atoms with Gasteiger partial charge >= 0.3 is 0 Å². The lowest BCUT2D eigenvalue weighted by Crippen LogP contribution is -2.57. The molecule has 0 saturated carbocycles. The molecular formula is C32H32N4O4. The maximum atomic E-state index is 13.9. The average molecular weight is 537 g/mol. The molecule has 6 rings (SSSR count). The third-order valence-corrected chi connectivity index (χ3v) is 7.71. The fraction of sp³-hybridized carbons (Fsp3) is 0.281. The molecule has 0 N–H and O–H groups in total. The maximum absolute atomic E-state index is 13.9. The van der Waals surface area contributed by atoms with Gasteiger partial charge < -0.3 is 19.3 Å². The van der Waals surface area contributed by atoms with Crippen molar-refractivity contribution in [2.75, 3.05) is 13.2 Å². The fourth-order valence-electron chi connectivity index (χ4n) is 5.45. The summed E-state index contributed by atoms with van der Waals surface area (Å²) in [7, 11) is 0. The largest absolute Gasteiger partial charge is 0.363 e. The number of amides is 2. The quantitative estimate of drug-likeness (QED) is 0.336. The van der Waals surface area contributed by atoms with Crippen LogP contribution in [-0.4, -0.2) is 56.8 Å². The second kappa shape index (κ2) is 11.5. The van der Waals surface area contributed by atoms with E-state index in [1.165, 1.54) is 0 Å². The van der Waals surface area contributed by atoms with Gasteiger partial charge in [-0.3, -0.25) is 9.59 Å². The predicted octanol–water partition coefficient (Wildman–Crippen LogP) is 4.29. The lowest BCUT2D eigenvalue weighted by atomic mass is 10.0. The number of aromatic nitrogens is 2. The van der Waals surface area contributed by atoms with E-state index in [1.54, 1.807) is 20.7 Å². The molecule has 1 saturated heterocycles. The van der Waals surface area contributed by atoms with E-state index < -0.39 is 12.2 Å². The third-order valence-electron chi connectivity index (χ3n) is 7.71. The molecule has 3 aromatic carbocycles. The van der Waals surface area contributed by atoms with Crippen molar-refractivity contribution in [3.8, 4) is 5.69 Å². The van der Waals surface area contributed by atoms with Crippen LogP contribution >= 0.6 is 0 Å². The van der Waals surface area contributed by atoms with E-state index in [0.29, 0.717) is 26.2 Å². The molecule has 2 aliphatic rings. The lowest BCUT2D eigenvalue weighted by Gasteiger charge is -2.39. The Labute approximate surface area is 233 Å². The van der Waals surface area contributed by atoms with E-state index in [4.69, 9.17) is 9.47 Å². The zero-order valence-electron chi connectivity index (χ0n) is 22.4. The first-order chi connectivity index (χ1) is 19.6. The molecule has 40 heavy (non-hydrogen) atoms. The predicted molar refractivity (Wildman–Crippen MR) is 149 cm³/mol. The molecule has 1 fully saturated rings. The first-order valence-corrected chi connectivity index (χ1v) is 13.6. The highest BCUT2D eigenvalue weighted by Gasteiger charge is 2.44. The average Bonchev–Trinajstić information content (AvgIpc) is 3.69. The first-order valence-electron chi connectivity index (χ1n) is 13.6. The highest BCUT2D eigenvalue weighted by atomic mass is 16.5. The number of fused-ring (bicyclic) bond motifs is 1. The van der Waals surface area contributed by atoms with Crippen LogP contribution in [-0.2, 0) is 38.8 Å². The van der Waals surface area contributed by atoms with E-state index in [9.17, 15) is 9.59 Å². The highest BCUT2D eigenvalue weighted by Crippen LogP contribution is 2.29. The van der Waals surface area contributed by atoms with E-state index in [2.05, 4.69) is 5.10 Å². The van der Waals surface area contributed by atoms with Crippen molar-refractivity contribution in [3.05, 3.63) is 120 Å². The number of morpholine rings is 1. The summed E-state index contributed by atoms with van der Waals surface area (Å²) in [5.74, 6) is -0.471. The molecule has 8 heteroatoms. The molecule has 8 nitrogen and oxygen atoms in total. The number of ether oxygens (including phenoxy) is 2. The van der Waals surface area contributed by atoms with E-state index in [0.717, 1.165) is 27.9 Å². The van der Waals surface area contributed by atoms with Gasteiger partial charge in [0.05, 0.1) is 24.9 Å². The fourth-order valence-corrected chi connectivity index (χ4v) is 5.45. The summed E-state index contributed by atoms with van der Waals surface area (Å²) >= 11 is 0. The van der Waals surface area contributed by atoms with Gasteiger partial charge in [-0.1, -0.05) is 66.7 Å². The Morgan fingerprint density at radius 2 is 1.68 bits per heavy atom. The van der Waals surface area contributed by atoms with Gasteiger partial charge in [0, 0.05) is 32.0 Å². The Bertz CT molecular complexity index is 1430. The highest BCUT2D eigenvalue weighted by molar-refractivity contribution is 5.92. The Morgan fingerprint density at radius 3 is 2.35 bits per heavy atom. The van der Waals surface area contributed by atoms with Crippen LogP contribution in [0.2, 0.25) is 0 Å². The van der Waals surface area contributed by atoms with Crippen molar-refractivity contribution in [2.45, 2.75) is 44.9 Å². The Hall–Kier alpha value is -4.27. The molecule has 0 radical (unpaired) electrons. The molecule has 204 valence electrons. The van der Waals surface area contributed by atoms with E-state index in [1.807, 2.05) is 98.0 Å². The summed E-state index contributed by atoms with van der Waals surface area (Å²) in [6, 6.07) is 27.4. The van der Waals surface area contributed by atoms with Crippen molar-refractivity contribution in [3.63, 3.8) is 0 Å². The number of carbonyl (C=O) groups excluding carboxylic acids is 2. The van der Waals surface area contributed by atoms with Gasteiger partial charge in [-0.25, -0.2) is 4.68 Å². The van der Waals surface area contributed by atoms with Crippen molar-refractivity contribution in [2.24, 2.45) is 0 Å². The van der Waals surface area contributed by atoms with Crippen LogP contribution in [0, 0.1) is 0 Å². The number of hydrogen-bond acceptors (Lipinski definition) is 5. The monoisotopic (exact) mass is 536 g/mol. The lowest BCUT2D eigenvalue weighted by molar-refractivity contribution is -0.180. The van der Waals surface area contributed by atoms with Gasteiger partial charge in [0.25, 0.3) is 11.8 Å². The van der Waals surface area contributed by atoms with Crippen LogP contribution in [0.3, 0.4) is 0 Å². The van der Waals surface area contributed by atoms with Gasteiger partial charge in [-0.2, -0.15) is 5.10 Å². The van der Waals surface area contributed by atoms with Crippen molar-refractivity contribution >= 4 is 11.8 Å². The molecular weight excluding hydrogens is 504 g/mol. The minimum absolute atomic E-state index is 0.202. The van der Waals surface area contributed by atoms with Gasteiger partial charge in [0.2, 0.25) is 0 Å². The number of carbonyl (C=O) groups is 2. The Balaban J connectivity index is 1.22. The molecule has 0 aliphatic carbocycles. The standard InChI is InChI=1S/C32H32N4O4/c1-23(25-12-14-28(15-13-25)36-17-7-16-33-36)35-18-19-39-30(32(35)38)29(40-22-24-8-3-2-4-9-24)31(37)34-20-26-10-5-6-11-27(26)21-34/h2-17,23,29-30H,18-22H2,1H3/t23-,29-,30-/m1/s1. The summed E-state index contributed by atoms with van der Waals surface area (Å²) in [5.41, 5.74) is 5.09. The number of benzene rings is 3. The van der Waals surface area contributed by atoms with Gasteiger partial charge in [0.1, 0.15) is 0 Å². The summed E-state index contributed by atoms with van der Waals surface area (Å²) in [6.45, 7) is 3.95. The number of nitrogens with zero attached hydrogens (tertiary/aromatic N) is 4. The van der Waals surface area contributed by atoms with Crippen molar-refractivity contribution in [1.82, 2.24) is 19.6 Å². The van der Waals surface area contributed by atoms with Gasteiger partial charge in [0.15, 0.2) is 12.2 Å². The normalized spacial score (nSPS) is 18.4. The Morgan fingerprint density at radius 1 is 0.975 bits per heavy atom. The number of rotatable bonds is 8. The van der Waals surface area contributed by atoms with Crippen LogP contribution in [0.25, 0.3) is 5.69 Å². The summed E-state index contributed by atoms with van der Waals surface area (Å²) < 4.78 is 14.0. The second-order valence-electron chi connectivity index (χ2n) is 10.2. The van der Waals surface area contributed by atoms with E-state index in [-0.39, 0.29) is 24.5 Å². The maximum Gasteiger partial charge on any atom is 0.255 e. The van der Waals surface area contributed by atoms with E-state index >= 15 is 0 Å². The molecule has 0 spiro atoms. The minimum atomic E-state index is -1.06. The molecule has 0 bridgehead atoms. The van der Waals surface area contributed by atoms with Crippen LogP contribution in [0.1, 0.15) is 35.2 Å². The minimum Gasteiger partial charge on any atom is -0.363 e. The van der Waals surface area contributed by atoms with Crippen molar-refractivity contribution in [1.29, 1.82) is 0 Å². The van der Waals surface area contributed by atoms with Crippen molar-refractivity contribution < 1.29 is 19.1 Å². The molecule has 2 aliphatic heterocycles. The van der Waals surface area contributed by atoms with Crippen LogP contribution in [0.4, 0.5) is 0 Å². The summed E-state index contributed by atoms with van der Waals surface area (Å²) in [6.07, 6.45) is 1.54. The third kappa shape index (κ3) is 5.28. The SMILES string of the molecule is C[C@H](c1ccc(-n2cccn2)cc1)N1CCO[C@H]([C@@H](OCc2ccccc2)C(=O)N2Cc3ccccc3C2)C1=O. The Kier molecular flexibility index (Phi) is 7.44. The topological polar surface area (TPSA) is 76.9 Å². The molecule has 2 amide bonds. The zero-order valence-corrected chi connectivity index (χ0v) is 22.4. The zero-order chi connectivity index (χ0) is 27.5. The molecule has 0 unspecified atom stereocenters. The van der Waals surface area contributed by atoms with Crippen LogP contribution in [0.5, 0.6) is 0 Å². The summed E-state index contributed by atoms with van der Waals surface area (Å²) in [5, 5.41) is 4.28. The molecule has 4 aromatic rings. The molecule has 3 heterocycles. The second-order valence-corrected chi connectivity index (χ2v) is 10.2. The summed E-state index contributed by atoms with van der Waals surface area (Å²) in [4.78, 5) is 31.4. The van der Waals surface area contributed by atoms with Gasteiger partial charge in [-0.15, -0.1) is 0 Å². The smallest absolute Gasteiger partial charge is 0.255 e. The van der Waals surface area contributed by atoms with Crippen LogP contribution in [0.15, 0.2) is 97.3 Å². The number of hydrogen-bond donors (Lipinski definition) is 0. The molecule has 1 aromatic heterocycles.